The molecule has 1 N–H and O–H groups in total. The first-order valence-corrected chi connectivity index (χ1v) is 10.6. The summed E-state index contributed by atoms with van der Waals surface area (Å²) in [5, 5.41) is 8.34. The summed E-state index contributed by atoms with van der Waals surface area (Å²) in [7, 11) is 2.07. The number of ether oxygens (including phenoxy) is 1. The van der Waals surface area contributed by atoms with Gasteiger partial charge in [0.05, 0.1) is 12.1 Å². The summed E-state index contributed by atoms with van der Waals surface area (Å²) in [6.07, 6.45) is 0.850. The number of nitrogens with one attached hydrogen (secondary N) is 1. The number of fused-ring (bicyclic) bond motifs is 1. The third-order valence-corrected chi connectivity index (χ3v) is 6.56. The number of alkyl halides is 1. The second-order valence-electron chi connectivity index (χ2n) is 7.97. The zero-order valence-corrected chi connectivity index (χ0v) is 18.1. The molecule has 1 aliphatic rings. The summed E-state index contributed by atoms with van der Waals surface area (Å²) >= 11 is 12.4. The third kappa shape index (κ3) is 4.19. The Bertz CT molecular complexity index is 1020. The number of aromatic amines is 1. The number of hydrogen-bond donors (Lipinski definition) is 1. The number of piperidine rings is 1. The number of rotatable bonds is 6. The number of aromatic nitrogens is 2. The molecular formula is C22H23Cl2F2N3O. The molecule has 0 bridgehead atoms. The molecule has 160 valence electrons. The van der Waals surface area contributed by atoms with Gasteiger partial charge in [0, 0.05) is 21.4 Å². The molecule has 0 saturated carbocycles. The Hall–Kier alpha value is -1.73. The van der Waals surface area contributed by atoms with Crippen molar-refractivity contribution in [2.24, 2.45) is 0 Å². The van der Waals surface area contributed by atoms with E-state index >= 15 is 0 Å². The van der Waals surface area contributed by atoms with Crippen molar-refractivity contribution in [3.05, 3.63) is 63.5 Å². The van der Waals surface area contributed by atoms with Crippen LogP contribution in [0.25, 0.3) is 10.9 Å². The highest BCUT2D eigenvalue weighted by Crippen LogP contribution is 2.38. The van der Waals surface area contributed by atoms with Crippen LogP contribution in [0.3, 0.4) is 0 Å². The Balaban J connectivity index is 1.63. The van der Waals surface area contributed by atoms with Crippen molar-refractivity contribution < 1.29 is 13.5 Å². The summed E-state index contributed by atoms with van der Waals surface area (Å²) in [6, 6.07) is 9.91. The number of nitrogens with zero attached hydrogens (tertiary/aromatic N) is 2. The molecule has 0 radical (unpaired) electrons. The van der Waals surface area contributed by atoms with Crippen LogP contribution < -0.4 is 0 Å². The summed E-state index contributed by atoms with van der Waals surface area (Å²) in [6.45, 7) is 1.36. The van der Waals surface area contributed by atoms with Crippen molar-refractivity contribution in [2.75, 3.05) is 33.4 Å². The van der Waals surface area contributed by atoms with Crippen LogP contribution in [-0.2, 0) is 10.2 Å². The topological polar surface area (TPSA) is 41.1 Å². The number of H-pyrrole nitrogens is 1. The minimum atomic E-state index is -0.831. The van der Waals surface area contributed by atoms with Gasteiger partial charge in [-0.1, -0.05) is 35.3 Å². The second-order valence-corrected chi connectivity index (χ2v) is 8.79. The molecule has 0 aliphatic carbocycles. The highest BCUT2D eigenvalue weighted by atomic mass is 35.5. The van der Waals surface area contributed by atoms with Gasteiger partial charge in [-0.05, 0) is 62.8 Å². The molecule has 1 fully saturated rings. The lowest BCUT2D eigenvalue weighted by Gasteiger charge is -2.41. The lowest BCUT2D eigenvalue weighted by Crippen LogP contribution is -2.44. The number of benzene rings is 2. The fourth-order valence-electron chi connectivity index (χ4n) is 4.17. The van der Waals surface area contributed by atoms with Crippen molar-refractivity contribution in [1.82, 2.24) is 15.1 Å². The van der Waals surface area contributed by atoms with E-state index in [0.29, 0.717) is 33.2 Å². The normalized spacial score (nSPS) is 18.0. The van der Waals surface area contributed by atoms with Gasteiger partial charge in [0.1, 0.15) is 23.7 Å². The van der Waals surface area contributed by atoms with Crippen LogP contribution in [-0.4, -0.2) is 48.5 Å². The quantitative estimate of drug-likeness (QED) is 0.520. The number of hydrogen-bond acceptors (Lipinski definition) is 3. The first-order chi connectivity index (χ1) is 14.4. The van der Waals surface area contributed by atoms with E-state index in [1.54, 1.807) is 24.3 Å². The monoisotopic (exact) mass is 453 g/mol. The molecule has 1 unspecified atom stereocenters. The zero-order chi connectivity index (χ0) is 21.3. The lowest BCUT2D eigenvalue weighted by atomic mass is 9.73. The van der Waals surface area contributed by atoms with Gasteiger partial charge in [-0.15, -0.1) is 0 Å². The number of likely N-dealkylation sites (tertiary alicyclic amines) is 1. The molecule has 3 aromatic rings. The Morgan fingerprint density at radius 2 is 1.90 bits per heavy atom. The van der Waals surface area contributed by atoms with Gasteiger partial charge in [0.2, 0.25) is 0 Å². The fraction of sp³-hybridized carbons (Fsp3) is 0.409. The standard InChI is InChI=1S/C22H23Cl2F2N3O/c1-29-8-6-22(7-9-29,14-2-4-16(26)5-3-14)13-30-19(12-25)17-10-15(23)11-18-20(17)27-28-21(18)24/h2-5,10-11,19H,6-9,12-13H2,1H3,(H,27,28). The maximum atomic E-state index is 14.1. The Morgan fingerprint density at radius 1 is 1.20 bits per heavy atom. The Morgan fingerprint density at radius 3 is 2.57 bits per heavy atom. The van der Waals surface area contributed by atoms with E-state index in [-0.39, 0.29) is 11.2 Å². The van der Waals surface area contributed by atoms with Crippen molar-refractivity contribution >= 4 is 34.1 Å². The average Bonchev–Trinajstić information content (AvgIpc) is 3.11. The minimum Gasteiger partial charge on any atom is -0.370 e. The molecule has 8 heteroatoms. The first kappa shape index (κ1) is 21.5. The lowest BCUT2D eigenvalue weighted by molar-refractivity contribution is -0.0123. The molecule has 1 aliphatic heterocycles. The zero-order valence-electron chi connectivity index (χ0n) is 16.6. The average molecular weight is 454 g/mol. The molecule has 4 rings (SSSR count). The largest absolute Gasteiger partial charge is 0.370 e. The second kappa shape index (κ2) is 8.79. The van der Waals surface area contributed by atoms with Crippen LogP contribution in [0.15, 0.2) is 36.4 Å². The van der Waals surface area contributed by atoms with E-state index in [1.165, 1.54) is 12.1 Å². The predicted octanol–water partition coefficient (Wildman–Crippen LogP) is 5.70. The van der Waals surface area contributed by atoms with Gasteiger partial charge in [0.15, 0.2) is 0 Å². The van der Waals surface area contributed by atoms with Gasteiger partial charge in [-0.2, -0.15) is 5.10 Å². The summed E-state index contributed by atoms with van der Waals surface area (Å²) in [4.78, 5) is 2.25. The van der Waals surface area contributed by atoms with E-state index < -0.39 is 12.8 Å². The van der Waals surface area contributed by atoms with Crippen LogP contribution in [0.4, 0.5) is 8.78 Å². The van der Waals surface area contributed by atoms with E-state index in [0.717, 1.165) is 31.5 Å². The Kier molecular flexibility index (Phi) is 6.30. The maximum absolute atomic E-state index is 14.1. The molecular weight excluding hydrogens is 431 g/mol. The van der Waals surface area contributed by atoms with Gasteiger partial charge in [-0.3, -0.25) is 5.10 Å². The van der Waals surface area contributed by atoms with Crippen molar-refractivity contribution in [2.45, 2.75) is 24.4 Å². The van der Waals surface area contributed by atoms with Crippen LogP contribution in [0, 0.1) is 5.82 Å². The van der Waals surface area contributed by atoms with E-state index in [2.05, 4.69) is 22.1 Å². The molecule has 1 saturated heterocycles. The predicted molar refractivity (Wildman–Crippen MR) is 116 cm³/mol. The van der Waals surface area contributed by atoms with E-state index in [9.17, 15) is 8.78 Å². The highest BCUT2D eigenvalue weighted by Gasteiger charge is 2.37. The van der Waals surface area contributed by atoms with Gasteiger partial charge < -0.3 is 9.64 Å². The molecule has 30 heavy (non-hydrogen) atoms. The SMILES string of the molecule is CN1CCC(COC(CF)c2cc(Cl)cc3c(Cl)[nH]nc23)(c2ccc(F)cc2)CC1. The molecule has 2 heterocycles. The van der Waals surface area contributed by atoms with Crippen LogP contribution >= 0.6 is 23.2 Å². The number of halogens is 4. The van der Waals surface area contributed by atoms with Crippen LogP contribution in [0.2, 0.25) is 10.2 Å². The van der Waals surface area contributed by atoms with E-state index in [1.807, 2.05) is 0 Å². The van der Waals surface area contributed by atoms with Crippen molar-refractivity contribution in [3.8, 4) is 0 Å². The molecule has 2 aromatic carbocycles. The van der Waals surface area contributed by atoms with Crippen molar-refractivity contribution in [3.63, 3.8) is 0 Å². The molecule has 1 atom stereocenters. The van der Waals surface area contributed by atoms with Gasteiger partial charge in [0.25, 0.3) is 0 Å². The smallest absolute Gasteiger partial charge is 0.132 e. The Labute approximate surface area is 184 Å². The first-order valence-electron chi connectivity index (χ1n) is 9.87. The van der Waals surface area contributed by atoms with Crippen molar-refractivity contribution in [1.29, 1.82) is 0 Å². The van der Waals surface area contributed by atoms with E-state index in [4.69, 9.17) is 27.9 Å². The third-order valence-electron chi connectivity index (χ3n) is 6.06. The summed E-state index contributed by atoms with van der Waals surface area (Å²) < 4.78 is 33.8. The molecule has 0 spiro atoms. The maximum Gasteiger partial charge on any atom is 0.132 e. The fourth-order valence-corrected chi connectivity index (χ4v) is 4.58. The minimum absolute atomic E-state index is 0.277. The highest BCUT2D eigenvalue weighted by molar-refractivity contribution is 6.36. The van der Waals surface area contributed by atoms with Crippen LogP contribution in [0.1, 0.15) is 30.1 Å². The summed E-state index contributed by atoms with van der Waals surface area (Å²) in [5.41, 5.74) is 1.81. The molecule has 4 nitrogen and oxygen atoms in total. The molecule has 0 amide bonds. The van der Waals surface area contributed by atoms with Gasteiger partial charge >= 0.3 is 0 Å². The molecule has 1 aromatic heterocycles. The van der Waals surface area contributed by atoms with Crippen LogP contribution in [0.5, 0.6) is 0 Å². The van der Waals surface area contributed by atoms with Gasteiger partial charge in [-0.25, -0.2) is 8.78 Å². The summed E-state index contributed by atoms with van der Waals surface area (Å²) in [5.74, 6) is -0.277.